The zero-order chi connectivity index (χ0) is 16.7. The van der Waals surface area contributed by atoms with Crippen LogP contribution < -0.4 is 15.4 Å². The van der Waals surface area contributed by atoms with Crippen molar-refractivity contribution in [2.75, 3.05) is 14.2 Å². The predicted molar refractivity (Wildman–Crippen MR) is 98.9 cm³/mol. The van der Waals surface area contributed by atoms with Crippen molar-refractivity contribution in [2.45, 2.75) is 19.6 Å². The molecule has 1 aromatic heterocycles. The molecule has 0 saturated heterocycles. The lowest BCUT2D eigenvalue weighted by Crippen LogP contribution is -2.37. The van der Waals surface area contributed by atoms with Gasteiger partial charge in [0.2, 0.25) is 0 Å². The molecule has 0 aliphatic heterocycles. The Balaban J connectivity index is 0.00000288. The van der Waals surface area contributed by atoms with Gasteiger partial charge in [0.15, 0.2) is 5.96 Å². The fraction of sp³-hybridized carbons (Fsp3) is 0.333. The lowest BCUT2D eigenvalue weighted by atomic mass is 10.2. The van der Waals surface area contributed by atoms with Gasteiger partial charge in [-0.15, -0.1) is 24.0 Å². The van der Waals surface area contributed by atoms with E-state index < -0.39 is 6.55 Å². The number of methoxy groups -OCH3 is 1. The maximum absolute atomic E-state index is 12.8. The molecule has 132 valence electrons. The fourth-order valence-electron chi connectivity index (χ4n) is 2.07. The first-order valence-corrected chi connectivity index (χ1v) is 7.02. The van der Waals surface area contributed by atoms with Crippen LogP contribution in [0.2, 0.25) is 0 Å². The molecule has 0 aliphatic carbocycles. The first kappa shape index (κ1) is 20.1. The van der Waals surface area contributed by atoms with Gasteiger partial charge in [-0.05, 0) is 6.07 Å². The van der Waals surface area contributed by atoms with Gasteiger partial charge in [-0.3, -0.25) is 9.56 Å². The molecule has 6 nitrogen and oxygen atoms in total. The van der Waals surface area contributed by atoms with Crippen LogP contribution in [0.4, 0.5) is 8.78 Å². The smallest absolute Gasteiger partial charge is 0.319 e. The van der Waals surface area contributed by atoms with Crippen LogP contribution in [0.3, 0.4) is 0 Å². The van der Waals surface area contributed by atoms with E-state index in [9.17, 15) is 8.78 Å². The van der Waals surface area contributed by atoms with Crippen LogP contribution in [-0.4, -0.2) is 29.7 Å². The molecule has 0 saturated carbocycles. The van der Waals surface area contributed by atoms with E-state index in [4.69, 9.17) is 4.74 Å². The van der Waals surface area contributed by atoms with Crippen molar-refractivity contribution in [3.05, 3.63) is 48.0 Å². The molecule has 0 spiro atoms. The van der Waals surface area contributed by atoms with Crippen LogP contribution in [-0.2, 0) is 13.1 Å². The third kappa shape index (κ3) is 5.32. The highest BCUT2D eigenvalue weighted by Gasteiger charge is 2.11. The number of aromatic nitrogens is 2. The van der Waals surface area contributed by atoms with Crippen molar-refractivity contribution >= 4 is 29.9 Å². The number of hydrogen-bond donors (Lipinski definition) is 2. The summed E-state index contributed by atoms with van der Waals surface area (Å²) in [6.45, 7) is -1.98. The van der Waals surface area contributed by atoms with Crippen molar-refractivity contribution in [3.63, 3.8) is 0 Å². The van der Waals surface area contributed by atoms with E-state index in [1.807, 2.05) is 24.3 Å². The Morgan fingerprint density at radius 2 is 2.00 bits per heavy atom. The molecule has 0 aliphatic rings. The number of aliphatic imine (C=N–C) groups is 1. The maximum Gasteiger partial charge on any atom is 0.319 e. The SMILES string of the molecule is CN=C(NCc1ccccc1OC)NCc1nccn1C(F)F.I. The first-order valence-electron chi connectivity index (χ1n) is 7.02. The topological polar surface area (TPSA) is 63.5 Å². The quantitative estimate of drug-likeness (QED) is 0.403. The molecule has 0 amide bonds. The van der Waals surface area contributed by atoms with Crippen molar-refractivity contribution in [3.8, 4) is 5.75 Å². The zero-order valence-corrected chi connectivity index (χ0v) is 15.7. The van der Waals surface area contributed by atoms with E-state index in [0.717, 1.165) is 15.9 Å². The van der Waals surface area contributed by atoms with E-state index >= 15 is 0 Å². The van der Waals surface area contributed by atoms with E-state index in [2.05, 4.69) is 20.6 Å². The molecule has 2 aromatic rings. The predicted octanol–water partition coefficient (Wildman–Crippen LogP) is 2.77. The van der Waals surface area contributed by atoms with Gasteiger partial charge >= 0.3 is 6.55 Å². The Morgan fingerprint density at radius 3 is 2.67 bits per heavy atom. The average Bonchev–Trinajstić information content (AvgIpc) is 3.04. The minimum Gasteiger partial charge on any atom is -0.496 e. The summed E-state index contributed by atoms with van der Waals surface area (Å²) in [5, 5.41) is 6.06. The highest BCUT2D eigenvalue weighted by atomic mass is 127. The van der Waals surface area contributed by atoms with E-state index in [1.165, 1.54) is 12.4 Å². The summed E-state index contributed by atoms with van der Waals surface area (Å²) >= 11 is 0. The summed E-state index contributed by atoms with van der Waals surface area (Å²) in [7, 11) is 3.22. The molecule has 1 heterocycles. The van der Waals surface area contributed by atoms with Crippen molar-refractivity contribution in [2.24, 2.45) is 4.99 Å². The Labute approximate surface area is 156 Å². The van der Waals surface area contributed by atoms with Gasteiger partial charge in [0.25, 0.3) is 0 Å². The number of benzene rings is 1. The summed E-state index contributed by atoms with van der Waals surface area (Å²) in [5.74, 6) is 1.49. The Morgan fingerprint density at radius 1 is 1.29 bits per heavy atom. The number of ether oxygens (including phenoxy) is 1. The molecule has 2 rings (SSSR count). The summed E-state index contributed by atoms with van der Waals surface area (Å²) in [5.41, 5.74) is 0.965. The summed E-state index contributed by atoms with van der Waals surface area (Å²) < 4.78 is 31.6. The molecule has 2 N–H and O–H groups in total. The summed E-state index contributed by atoms with van der Waals surface area (Å²) in [6.07, 6.45) is 2.58. The van der Waals surface area contributed by atoms with Crippen LogP contribution in [0.1, 0.15) is 17.9 Å². The van der Waals surface area contributed by atoms with Crippen LogP contribution in [0.5, 0.6) is 5.75 Å². The standard InChI is InChI=1S/C15H19F2N5O.HI/c1-18-15(20-9-11-5-3-4-6-12(11)23-2)21-10-13-19-7-8-22(13)14(16)17;/h3-8,14H,9-10H2,1-2H3,(H2,18,20,21);1H. The van der Waals surface area contributed by atoms with Gasteiger partial charge in [-0.1, -0.05) is 18.2 Å². The van der Waals surface area contributed by atoms with Gasteiger partial charge in [-0.2, -0.15) is 8.78 Å². The number of nitrogens with one attached hydrogen (secondary N) is 2. The number of imidazole rings is 1. The fourth-order valence-corrected chi connectivity index (χ4v) is 2.07. The van der Waals surface area contributed by atoms with Gasteiger partial charge in [0, 0.05) is 31.5 Å². The highest BCUT2D eigenvalue weighted by Crippen LogP contribution is 2.16. The van der Waals surface area contributed by atoms with E-state index in [1.54, 1.807) is 14.2 Å². The molecular formula is C15H20F2IN5O. The Bertz CT molecular complexity index is 663. The largest absolute Gasteiger partial charge is 0.496 e. The van der Waals surface area contributed by atoms with Crippen LogP contribution in [0, 0.1) is 0 Å². The van der Waals surface area contributed by atoms with Crippen molar-refractivity contribution in [1.29, 1.82) is 0 Å². The molecule has 0 unspecified atom stereocenters. The third-order valence-electron chi connectivity index (χ3n) is 3.24. The number of para-hydroxylation sites is 1. The van der Waals surface area contributed by atoms with E-state index in [0.29, 0.717) is 12.5 Å². The summed E-state index contributed by atoms with van der Waals surface area (Å²) in [4.78, 5) is 7.97. The Kier molecular flexibility index (Phi) is 8.44. The molecule has 0 radical (unpaired) electrons. The lowest BCUT2D eigenvalue weighted by molar-refractivity contribution is 0.0668. The van der Waals surface area contributed by atoms with Gasteiger partial charge < -0.3 is 15.4 Å². The van der Waals surface area contributed by atoms with Gasteiger partial charge in [0.1, 0.15) is 11.6 Å². The Hall–Kier alpha value is -1.91. The molecule has 0 atom stereocenters. The second-order valence-electron chi connectivity index (χ2n) is 4.62. The summed E-state index contributed by atoms with van der Waals surface area (Å²) in [6, 6.07) is 7.60. The van der Waals surface area contributed by atoms with Crippen molar-refractivity contribution < 1.29 is 13.5 Å². The molecular weight excluding hydrogens is 431 g/mol. The first-order chi connectivity index (χ1) is 11.2. The third-order valence-corrected chi connectivity index (χ3v) is 3.24. The number of guanidine groups is 1. The number of alkyl halides is 2. The van der Waals surface area contributed by atoms with Gasteiger partial charge in [-0.25, -0.2) is 4.98 Å². The average molecular weight is 451 g/mol. The maximum atomic E-state index is 12.8. The molecule has 0 fully saturated rings. The number of nitrogens with zero attached hydrogens (tertiary/aromatic N) is 3. The molecule has 0 bridgehead atoms. The zero-order valence-electron chi connectivity index (χ0n) is 13.4. The molecule has 24 heavy (non-hydrogen) atoms. The number of halogens is 3. The number of rotatable bonds is 6. The van der Waals surface area contributed by atoms with E-state index in [-0.39, 0.29) is 36.3 Å². The normalized spacial score (nSPS) is 11.1. The van der Waals surface area contributed by atoms with Crippen LogP contribution in [0.25, 0.3) is 0 Å². The highest BCUT2D eigenvalue weighted by molar-refractivity contribution is 14.0. The second-order valence-corrected chi connectivity index (χ2v) is 4.62. The monoisotopic (exact) mass is 451 g/mol. The minimum atomic E-state index is -2.61. The lowest BCUT2D eigenvalue weighted by Gasteiger charge is -2.14. The second kappa shape index (κ2) is 10.1. The van der Waals surface area contributed by atoms with Gasteiger partial charge in [0.05, 0.1) is 13.7 Å². The molecule has 1 aromatic carbocycles. The van der Waals surface area contributed by atoms with Crippen molar-refractivity contribution in [1.82, 2.24) is 20.2 Å². The van der Waals surface area contributed by atoms with Crippen LogP contribution >= 0.6 is 24.0 Å². The number of hydrogen-bond acceptors (Lipinski definition) is 3. The molecule has 9 heteroatoms. The van der Waals surface area contributed by atoms with Crippen LogP contribution in [0.15, 0.2) is 41.7 Å². The minimum absolute atomic E-state index is 0.